The normalized spacial score (nSPS) is 17.2. The van der Waals surface area contributed by atoms with Gasteiger partial charge in [-0.3, -0.25) is 9.59 Å². The zero-order valence-electron chi connectivity index (χ0n) is 11.8. The Kier molecular flexibility index (Phi) is 4.74. The van der Waals surface area contributed by atoms with E-state index in [1.165, 1.54) is 12.7 Å². The zero-order chi connectivity index (χ0) is 14.5. The van der Waals surface area contributed by atoms with Gasteiger partial charge in [0, 0.05) is 12.5 Å². The SMILES string of the molecule is COC(=O)CC(=O)CC1NCCc2cc(OC)ccc21. The minimum atomic E-state index is -0.485. The highest BCUT2D eigenvalue weighted by atomic mass is 16.5. The predicted molar refractivity (Wildman–Crippen MR) is 73.7 cm³/mol. The predicted octanol–water partition coefficient (Wildman–Crippen LogP) is 1.40. The maximum atomic E-state index is 11.8. The van der Waals surface area contributed by atoms with Crippen LogP contribution in [0.1, 0.15) is 30.0 Å². The number of esters is 1. The summed E-state index contributed by atoms with van der Waals surface area (Å²) in [6.45, 7) is 0.816. The minimum Gasteiger partial charge on any atom is -0.497 e. The average Bonchev–Trinajstić information content (AvgIpc) is 2.46. The van der Waals surface area contributed by atoms with E-state index in [2.05, 4.69) is 10.1 Å². The lowest BCUT2D eigenvalue weighted by Crippen LogP contribution is -2.31. The smallest absolute Gasteiger partial charge is 0.313 e. The van der Waals surface area contributed by atoms with Crippen LogP contribution in [0.2, 0.25) is 0 Å². The van der Waals surface area contributed by atoms with E-state index in [0.29, 0.717) is 6.42 Å². The van der Waals surface area contributed by atoms with Crippen LogP contribution in [-0.4, -0.2) is 32.5 Å². The molecule has 0 spiro atoms. The Morgan fingerprint density at radius 3 is 2.85 bits per heavy atom. The molecule has 0 bridgehead atoms. The fourth-order valence-electron chi connectivity index (χ4n) is 2.47. The van der Waals surface area contributed by atoms with E-state index >= 15 is 0 Å². The van der Waals surface area contributed by atoms with Crippen LogP contribution in [0, 0.1) is 0 Å². The first-order valence-corrected chi connectivity index (χ1v) is 6.62. The van der Waals surface area contributed by atoms with Crippen LogP contribution in [0.5, 0.6) is 5.75 Å². The molecule has 0 radical (unpaired) electrons. The molecule has 0 amide bonds. The summed E-state index contributed by atoms with van der Waals surface area (Å²) in [6, 6.07) is 5.84. The highest BCUT2D eigenvalue weighted by Gasteiger charge is 2.23. The molecular formula is C15H19NO4. The van der Waals surface area contributed by atoms with Crippen molar-refractivity contribution in [1.82, 2.24) is 5.32 Å². The molecule has 0 saturated carbocycles. The van der Waals surface area contributed by atoms with Crippen molar-refractivity contribution in [3.63, 3.8) is 0 Å². The van der Waals surface area contributed by atoms with E-state index in [9.17, 15) is 9.59 Å². The van der Waals surface area contributed by atoms with Crippen molar-refractivity contribution in [2.24, 2.45) is 0 Å². The van der Waals surface area contributed by atoms with Crippen LogP contribution in [0.25, 0.3) is 0 Å². The third-order valence-electron chi connectivity index (χ3n) is 3.51. The zero-order valence-corrected chi connectivity index (χ0v) is 11.8. The summed E-state index contributed by atoms with van der Waals surface area (Å²) in [7, 11) is 2.93. The molecule has 1 aliphatic heterocycles. The molecule has 0 fully saturated rings. The maximum absolute atomic E-state index is 11.8. The third-order valence-corrected chi connectivity index (χ3v) is 3.51. The Morgan fingerprint density at radius 2 is 2.15 bits per heavy atom. The van der Waals surface area contributed by atoms with E-state index in [-0.39, 0.29) is 18.2 Å². The first-order chi connectivity index (χ1) is 9.63. The second kappa shape index (κ2) is 6.52. The standard InChI is InChI=1S/C15H19NO4/c1-19-12-3-4-13-10(7-12)5-6-16-14(13)8-11(17)9-15(18)20-2/h3-4,7,14,16H,5-6,8-9H2,1-2H3. The van der Waals surface area contributed by atoms with Crippen molar-refractivity contribution in [3.05, 3.63) is 29.3 Å². The van der Waals surface area contributed by atoms with Crippen LogP contribution in [0.4, 0.5) is 0 Å². The molecule has 1 unspecified atom stereocenters. The molecule has 0 aliphatic carbocycles. The number of ketones is 1. The second-order valence-corrected chi connectivity index (χ2v) is 4.82. The number of Topliss-reactive ketones (excluding diaryl/α,β-unsaturated/α-hetero) is 1. The number of rotatable bonds is 5. The van der Waals surface area contributed by atoms with Gasteiger partial charge in [0.05, 0.1) is 14.2 Å². The van der Waals surface area contributed by atoms with E-state index in [1.807, 2.05) is 18.2 Å². The topological polar surface area (TPSA) is 64.6 Å². The molecule has 1 heterocycles. The largest absolute Gasteiger partial charge is 0.497 e. The molecule has 1 aliphatic rings. The third kappa shape index (κ3) is 3.36. The van der Waals surface area contributed by atoms with Crippen LogP contribution in [0.3, 0.4) is 0 Å². The Balaban J connectivity index is 2.08. The molecule has 1 N–H and O–H groups in total. The van der Waals surface area contributed by atoms with E-state index in [0.717, 1.165) is 24.3 Å². The number of ether oxygens (including phenoxy) is 2. The molecule has 108 valence electrons. The lowest BCUT2D eigenvalue weighted by atomic mass is 9.91. The summed E-state index contributed by atoms with van der Waals surface area (Å²) in [5, 5.41) is 3.32. The summed E-state index contributed by atoms with van der Waals surface area (Å²) in [5.41, 5.74) is 2.30. The van der Waals surface area contributed by atoms with Crippen LogP contribution >= 0.6 is 0 Å². The van der Waals surface area contributed by atoms with E-state index < -0.39 is 5.97 Å². The van der Waals surface area contributed by atoms with Gasteiger partial charge < -0.3 is 14.8 Å². The average molecular weight is 277 g/mol. The van der Waals surface area contributed by atoms with Gasteiger partial charge in [-0.15, -0.1) is 0 Å². The molecule has 1 aromatic rings. The fraction of sp³-hybridized carbons (Fsp3) is 0.467. The van der Waals surface area contributed by atoms with Crippen molar-refractivity contribution < 1.29 is 19.1 Å². The number of carbonyl (C=O) groups excluding carboxylic acids is 2. The van der Waals surface area contributed by atoms with Gasteiger partial charge in [0.25, 0.3) is 0 Å². The summed E-state index contributed by atoms with van der Waals surface area (Å²) in [6.07, 6.45) is 1.04. The quantitative estimate of drug-likeness (QED) is 0.651. The van der Waals surface area contributed by atoms with Crippen LogP contribution in [-0.2, 0) is 20.7 Å². The summed E-state index contributed by atoms with van der Waals surface area (Å²) in [5.74, 6) is 0.226. The van der Waals surface area contributed by atoms with Gasteiger partial charge >= 0.3 is 5.97 Å². The number of fused-ring (bicyclic) bond motifs is 1. The first-order valence-electron chi connectivity index (χ1n) is 6.62. The fourth-order valence-corrected chi connectivity index (χ4v) is 2.47. The molecule has 0 aromatic heterocycles. The number of nitrogens with one attached hydrogen (secondary N) is 1. The molecule has 20 heavy (non-hydrogen) atoms. The summed E-state index contributed by atoms with van der Waals surface area (Å²) >= 11 is 0. The summed E-state index contributed by atoms with van der Waals surface area (Å²) in [4.78, 5) is 23.0. The Bertz CT molecular complexity index is 513. The van der Waals surface area contributed by atoms with Crippen molar-refractivity contribution in [2.75, 3.05) is 20.8 Å². The molecular weight excluding hydrogens is 258 g/mol. The molecule has 1 atom stereocenters. The van der Waals surface area contributed by atoms with Crippen LogP contribution < -0.4 is 10.1 Å². The van der Waals surface area contributed by atoms with Gasteiger partial charge in [-0.2, -0.15) is 0 Å². The van der Waals surface area contributed by atoms with Gasteiger partial charge in [0.2, 0.25) is 0 Å². The summed E-state index contributed by atoms with van der Waals surface area (Å²) < 4.78 is 9.73. The van der Waals surface area contributed by atoms with Gasteiger partial charge in [0.1, 0.15) is 18.0 Å². The first kappa shape index (κ1) is 14.5. The number of methoxy groups -OCH3 is 2. The molecule has 5 nitrogen and oxygen atoms in total. The minimum absolute atomic E-state index is 0.0400. The highest BCUT2D eigenvalue weighted by molar-refractivity contribution is 5.95. The molecule has 0 saturated heterocycles. The number of hydrogen-bond acceptors (Lipinski definition) is 5. The number of carbonyl (C=O) groups is 2. The Morgan fingerprint density at radius 1 is 1.35 bits per heavy atom. The number of hydrogen-bond donors (Lipinski definition) is 1. The van der Waals surface area contributed by atoms with E-state index in [4.69, 9.17) is 4.74 Å². The Hall–Kier alpha value is -1.88. The van der Waals surface area contributed by atoms with E-state index in [1.54, 1.807) is 7.11 Å². The monoisotopic (exact) mass is 277 g/mol. The van der Waals surface area contributed by atoms with Crippen molar-refractivity contribution in [2.45, 2.75) is 25.3 Å². The Labute approximate surface area is 118 Å². The lowest BCUT2D eigenvalue weighted by molar-refractivity contribution is -0.143. The van der Waals surface area contributed by atoms with Crippen molar-refractivity contribution in [3.8, 4) is 5.75 Å². The van der Waals surface area contributed by atoms with Gasteiger partial charge in [-0.05, 0) is 36.2 Å². The maximum Gasteiger partial charge on any atom is 0.313 e. The second-order valence-electron chi connectivity index (χ2n) is 4.82. The van der Waals surface area contributed by atoms with Crippen molar-refractivity contribution >= 4 is 11.8 Å². The molecule has 1 aromatic carbocycles. The lowest BCUT2D eigenvalue weighted by Gasteiger charge is -2.26. The number of benzene rings is 1. The van der Waals surface area contributed by atoms with Gasteiger partial charge in [0.15, 0.2) is 0 Å². The van der Waals surface area contributed by atoms with Crippen molar-refractivity contribution in [1.29, 1.82) is 0 Å². The molecule has 5 heteroatoms. The van der Waals surface area contributed by atoms with Gasteiger partial charge in [-0.1, -0.05) is 6.07 Å². The van der Waals surface area contributed by atoms with Gasteiger partial charge in [-0.25, -0.2) is 0 Å². The highest BCUT2D eigenvalue weighted by Crippen LogP contribution is 2.29. The van der Waals surface area contributed by atoms with Crippen LogP contribution in [0.15, 0.2) is 18.2 Å². The molecule has 2 rings (SSSR count).